The number of fused-ring (bicyclic) bond motifs is 1. The zero-order valence-electron chi connectivity index (χ0n) is 9.86. The molecule has 0 aliphatic carbocycles. The lowest BCUT2D eigenvalue weighted by atomic mass is 9.94. The van der Waals surface area contributed by atoms with Gasteiger partial charge in [0.25, 0.3) is 0 Å². The van der Waals surface area contributed by atoms with E-state index in [2.05, 4.69) is 11.4 Å². The summed E-state index contributed by atoms with van der Waals surface area (Å²) in [5.74, 6) is -0.105. The highest BCUT2D eigenvalue weighted by Crippen LogP contribution is 2.30. The van der Waals surface area contributed by atoms with Crippen LogP contribution in [0.4, 0.5) is 4.79 Å². The average Bonchev–Trinajstić information content (AvgIpc) is 2.34. The summed E-state index contributed by atoms with van der Waals surface area (Å²) in [7, 11) is 0. The fourth-order valence-electron chi connectivity index (χ4n) is 2.19. The molecule has 0 saturated carbocycles. The Morgan fingerprint density at radius 2 is 2.25 bits per heavy atom. The Balaban J connectivity index is 2.01. The maximum atomic E-state index is 11.9. The first-order chi connectivity index (χ1) is 7.42. The highest BCUT2D eigenvalue weighted by Gasteiger charge is 2.50. The molecule has 2 aliphatic heterocycles. The smallest absolute Gasteiger partial charge is 0.410 e. The van der Waals surface area contributed by atoms with E-state index in [0.29, 0.717) is 6.54 Å². The third kappa shape index (κ3) is 1.85. The van der Waals surface area contributed by atoms with Gasteiger partial charge in [-0.15, -0.1) is 0 Å². The Labute approximate surface area is 95.4 Å². The number of nitriles is 1. The van der Waals surface area contributed by atoms with Crippen LogP contribution in [0.3, 0.4) is 0 Å². The van der Waals surface area contributed by atoms with E-state index in [1.54, 1.807) is 4.90 Å². The molecule has 5 heteroatoms. The van der Waals surface area contributed by atoms with Crippen molar-refractivity contribution < 1.29 is 9.53 Å². The minimum absolute atomic E-state index is 0.105. The van der Waals surface area contributed by atoms with Gasteiger partial charge in [-0.25, -0.2) is 4.79 Å². The topological polar surface area (TPSA) is 65.4 Å². The Morgan fingerprint density at radius 3 is 2.62 bits per heavy atom. The van der Waals surface area contributed by atoms with Crippen molar-refractivity contribution in [3.8, 4) is 6.07 Å². The van der Waals surface area contributed by atoms with Gasteiger partial charge in [0.1, 0.15) is 5.60 Å². The fourth-order valence-corrected chi connectivity index (χ4v) is 2.19. The van der Waals surface area contributed by atoms with Gasteiger partial charge >= 0.3 is 6.09 Å². The molecule has 16 heavy (non-hydrogen) atoms. The Hall–Kier alpha value is -1.28. The van der Waals surface area contributed by atoms with Crippen molar-refractivity contribution in [2.45, 2.75) is 38.5 Å². The van der Waals surface area contributed by atoms with E-state index < -0.39 is 5.60 Å². The van der Waals surface area contributed by atoms with Gasteiger partial charge in [-0.05, 0) is 20.8 Å². The van der Waals surface area contributed by atoms with Gasteiger partial charge in [0.2, 0.25) is 0 Å². The minimum atomic E-state index is -0.478. The third-order valence-electron chi connectivity index (χ3n) is 3.00. The number of hydrogen-bond acceptors (Lipinski definition) is 4. The van der Waals surface area contributed by atoms with Crippen molar-refractivity contribution >= 4 is 6.09 Å². The van der Waals surface area contributed by atoms with Gasteiger partial charge < -0.3 is 15.0 Å². The largest absolute Gasteiger partial charge is 0.444 e. The maximum Gasteiger partial charge on any atom is 0.410 e. The van der Waals surface area contributed by atoms with Gasteiger partial charge in [-0.1, -0.05) is 0 Å². The quantitative estimate of drug-likeness (QED) is 0.657. The number of nitrogens with zero attached hydrogens (tertiary/aromatic N) is 2. The second kappa shape index (κ2) is 3.63. The normalized spacial score (nSPS) is 32.6. The molecule has 2 heterocycles. The summed E-state index contributed by atoms with van der Waals surface area (Å²) in [6.45, 7) is 6.79. The van der Waals surface area contributed by atoms with Gasteiger partial charge in [0.05, 0.1) is 18.0 Å². The van der Waals surface area contributed by atoms with Crippen LogP contribution in [0.5, 0.6) is 0 Å². The number of hydrogen-bond donors (Lipinski definition) is 1. The summed E-state index contributed by atoms with van der Waals surface area (Å²) in [4.78, 5) is 13.6. The summed E-state index contributed by atoms with van der Waals surface area (Å²) in [6, 6.07) is 2.51. The summed E-state index contributed by atoms with van der Waals surface area (Å²) < 4.78 is 5.32. The number of carbonyl (C=O) groups is 1. The summed E-state index contributed by atoms with van der Waals surface area (Å²) in [5.41, 5.74) is -0.478. The number of ether oxygens (including phenoxy) is 1. The van der Waals surface area contributed by atoms with Gasteiger partial charge in [0, 0.05) is 19.1 Å². The fraction of sp³-hybridized carbons (Fsp3) is 0.818. The first-order valence-corrected chi connectivity index (χ1v) is 5.55. The Kier molecular flexibility index (Phi) is 2.55. The highest BCUT2D eigenvalue weighted by molar-refractivity contribution is 5.69. The molecule has 0 bridgehead atoms. The number of nitrogens with one attached hydrogen (secondary N) is 1. The lowest BCUT2D eigenvalue weighted by Crippen LogP contribution is -2.61. The van der Waals surface area contributed by atoms with Gasteiger partial charge in [0.15, 0.2) is 0 Å². The molecular weight excluding hydrogens is 206 g/mol. The van der Waals surface area contributed by atoms with Crippen LogP contribution in [-0.2, 0) is 4.74 Å². The molecule has 0 aromatic carbocycles. The zero-order chi connectivity index (χ0) is 11.9. The molecule has 0 radical (unpaired) electrons. The average molecular weight is 223 g/mol. The third-order valence-corrected chi connectivity index (χ3v) is 3.00. The van der Waals surface area contributed by atoms with E-state index in [9.17, 15) is 4.79 Å². The van der Waals surface area contributed by atoms with Crippen LogP contribution in [0.2, 0.25) is 0 Å². The van der Waals surface area contributed by atoms with E-state index in [-0.39, 0.29) is 24.1 Å². The lowest BCUT2D eigenvalue weighted by molar-refractivity contribution is 0.0171. The SMILES string of the molecule is CC(C)(C)OC(=O)N1C[C@H](C#N)[C@@H]2NC[C@@H]21. The van der Waals surface area contributed by atoms with Gasteiger partial charge in [-0.3, -0.25) is 0 Å². The van der Waals surface area contributed by atoms with Crippen LogP contribution in [0, 0.1) is 17.2 Å². The summed E-state index contributed by atoms with van der Waals surface area (Å²) in [5, 5.41) is 12.1. The predicted octanol–water partition coefficient (Wildman–Crippen LogP) is 0.717. The van der Waals surface area contributed by atoms with Crippen LogP contribution < -0.4 is 5.32 Å². The molecule has 2 fully saturated rings. The highest BCUT2D eigenvalue weighted by atomic mass is 16.6. The molecule has 88 valence electrons. The molecule has 0 spiro atoms. The number of rotatable bonds is 0. The van der Waals surface area contributed by atoms with Crippen molar-refractivity contribution in [2.24, 2.45) is 5.92 Å². The second-order valence-electron chi connectivity index (χ2n) is 5.37. The molecular formula is C11H17N3O2. The van der Waals surface area contributed by atoms with Gasteiger partial charge in [-0.2, -0.15) is 5.26 Å². The standard InChI is InChI=1S/C11H17N3O2/c1-11(2,3)16-10(15)14-6-7(4-12)9-8(14)5-13-9/h7-9,13H,5-6H2,1-3H3/t7-,8-,9-/m0/s1. The predicted molar refractivity (Wildman–Crippen MR) is 57.6 cm³/mol. The number of amides is 1. The molecule has 2 rings (SSSR count). The maximum absolute atomic E-state index is 11.9. The molecule has 0 aromatic rings. The zero-order valence-corrected chi connectivity index (χ0v) is 9.86. The van der Waals surface area contributed by atoms with E-state index in [0.717, 1.165) is 6.54 Å². The molecule has 0 unspecified atom stereocenters. The van der Waals surface area contributed by atoms with Crippen molar-refractivity contribution in [2.75, 3.05) is 13.1 Å². The van der Waals surface area contributed by atoms with Crippen molar-refractivity contribution in [3.05, 3.63) is 0 Å². The molecule has 1 N–H and O–H groups in total. The summed E-state index contributed by atoms with van der Waals surface area (Å²) in [6.07, 6.45) is -0.304. The second-order valence-corrected chi connectivity index (χ2v) is 5.37. The first kappa shape index (κ1) is 11.2. The van der Waals surface area contributed by atoms with Crippen LogP contribution in [0.25, 0.3) is 0 Å². The lowest BCUT2D eigenvalue weighted by Gasteiger charge is -2.37. The van der Waals surface area contributed by atoms with Crippen LogP contribution in [0.1, 0.15) is 20.8 Å². The Bertz CT molecular complexity index is 342. The van der Waals surface area contributed by atoms with E-state index in [4.69, 9.17) is 10.00 Å². The molecule has 3 atom stereocenters. The van der Waals surface area contributed by atoms with Crippen LogP contribution in [-0.4, -0.2) is 41.8 Å². The van der Waals surface area contributed by atoms with Crippen molar-refractivity contribution in [3.63, 3.8) is 0 Å². The van der Waals surface area contributed by atoms with Crippen molar-refractivity contribution in [1.29, 1.82) is 5.26 Å². The van der Waals surface area contributed by atoms with Crippen molar-refractivity contribution in [1.82, 2.24) is 10.2 Å². The van der Waals surface area contributed by atoms with E-state index in [1.807, 2.05) is 20.8 Å². The number of carbonyl (C=O) groups excluding carboxylic acids is 1. The van der Waals surface area contributed by atoms with E-state index in [1.165, 1.54) is 0 Å². The molecule has 5 nitrogen and oxygen atoms in total. The van der Waals surface area contributed by atoms with Crippen LogP contribution >= 0.6 is 0 Å². The summed E-state index contributed by atoms with van der Waals surface area (Å²) >= 11 is 0. The van der Waals surface area contributed by atoms with Crippen LogP contribution in [0.15, 0.2) is 0 Å². The Morgan fingerprint density at radius 1 is 1.56 bits per heavy atom. The first-order valence-electron chi connectivity index (χ1n) is 5.55. The molecule has 0 aromatic heterocycles. The number of likely N-dealkylation sites (tertiary alicyclic amines) is 1. The minimum Gasteiger partial charge on any atom is -0.444 e. The monoisotopic (exact) mass is 223 g/mol. The molecule has 2 aliphatic rings. The molecule has 2 saturated heterocycles. The molecule has 1 amide bonds. The van der Waals surface area contributed by atoms with E-state index >= 15 is 0 Å².